The van der Waals surface area contributed by atoms with Gasteiger partial charge in [-0.15, -0.1) is 0 Å². The maximum Gasteiger partial charge on any atom is 0.222 e. The number of hydrogen-bond acceptors (Lipinski definition) is 4. The van der Waals surface area contributed by atoms with Gasteiger partial charge in [-0.2, -0.15) is 0 Å². The second kappa shape index (κ2) is 9.00. The summed E-state index contributed by atoms with van der Waals surface area (Å²) in [4.78, 5) is 18.7. The minimum absolute atomic E-state index is 0.158. The van der Waals surface area contributed by atoms with Gasteiger partial charge in [-0.05, 0) is 61.4 Å². The minimum Gasteiger partial charge on any atom is -0.496 e. The molecule has 1 amide bonds. The van der Waals surface area contributed by atoms with Gasteiger partial charge >= 0.3 is 0 Å². The van der Waals surface area contributed by atoms with Crippen LogP contribution in [0.15, 0.2) is 42.6 Å². The first-order valence-corrected chi connectivity index (χ1v) is 9.58. The molecule has 1 saturated heterocycles. The SMILES string of the molecule is COc1cc(CCC(=O)N2CCC(C(O)c3ccccn3)CC2)ccc1C. The number of carbonyl (C=O) groups is 1. The quantitative estimate of drug-likeness (QED) is 0.850. The molecule has 0 radical (unpaired) electrons. The number of ether oxygens (including phenoxy) is 1. The second-order valence-corrected chi connectivity index (χ2v) is 7.22. The average molecular weight is 368 g/mol. The molecule has 0 spiro atoms. The van der Waals surface area contributed by atoms with Crippen LogP contribution in [0.4, 0.5) is 0 Å². The Morgan fingerprint density at radius 1 is 1.30 bits per heavy atom. The Labute approximate surface area is 161 Å². The number of likely N-dealkylation sites (tertiary alicyclic amines) is 1. The molecule has 1 atom stereocenters. The fourth-order valence-corrected chi connectivity index (χ4v) is 3.69. The van der Waals surface area contributed by atoms with E-state index in [4.69, 9.17) is 4.74 Å². The Morgan fingerprint density at radius 3 is 2.74 bits per heavy atom. The van der Waals surface area contributed by atoms with Crippen LogP contribution in [0.3, 0.4) is 0 Å². The number of amides is 1. The number of aliphatic hydroxyl groups is 1. The van der Waals surface area contributed by atoms with E-state index < -0.39 is 6.10 Å². The molecule has 0 aliphatic carbocycles. The zero-order chi connectivity index (χ0) is 19.2. The second-order valence-electron chi connectivity index (χ2n) is 7.22. The van der Waals surface area contributed by atoms with Gasteiger partial charge in [-0.25, -0.2) is 0 Å². The third-order valence-electron chi connectivity index (χ3n) is 5.43. The lowest BCUT2D eigenvalue weighted by Gasteiger charge is -2.34. The van der Waals surface area contributed by atoms with Crippen molar-refractivity contribution >= 4 is 5.91 Å². The lowest BCUT2D eigenvalue weighted by Crippen LogP contribution is -2.40. The van der Waals surface area contributed by atoms with Crippen molar-refractivity contribution in [2.45, 2.75) is 38.7 Å². The van der Waals surface area contributed by atoms with Crippen molar-refractivity contribution in [1.82, 2.24) is 9.88 Å². The number of piperidine rings is 1. The van der Waals surface area contributed by atoms with Crippen LogP contribution in [0.1, 0.15) is 42.2 Å². The summed E-state index contributed by atoms with van der Waals surface area (Å²) in [6.45, 7) is 3.41. The molecule has 3 rings (SSSR count). The van der Waals surface area contributed by atoms with E-state index in [0.29, 0.717) is 25.9 Å². The molecule has 144 valence electrons. The minimum atomic E-state index is -0.552. The van der Waals surface area contributed by atoms with Crippen molar-refractivity contribution < 1.29 is 14.6 Å². The summed E-state index contributed by atoms with van der Waals surface area (Å²) >= 11 is 0. The van der Waals surface area contributed by atoms with Gasteiger partial charge in [-0.1, -0.05) is 18.2 Å². The van der Waals surface area contributed by atoms with E-state index in [1.165, 1.54) is 0 Å². The number of methoxy groups -OCH3 is 1. The number of aryl methyl sites for hydroxylation is 2. The summed E-state index contributed by atoms with van der Waals surface area (Å²) < 4.78 is 5.36. The molecule has 1 aromatic carbocycles. The Bertz CT molecular complexity index is 755. The molecule has 1 aliphatic rings. The summed E-state index contributed by atoms with van der Waals surface area (Å²) in [6.07, 6.45) is 3.98. The molecule has 1 aliphatic heterocycles. The van der Waals surface area contributed by atoms with Crippen LogP contribution in [-0.4, -0.2) is 41.1 Å². The van der Waals surface area contributed by atoms with Crippen LogP contribution < -0.4 is 4.74 Å². The number of aliphatic hydroxyl groups excluding tert-OH is 1. The first-order chi connectivity index (χ1) is 13.1. The van der Waals surface area contributed by atoms with Gasteiger partial charge in [0.15, 0.2) is 0 Å². The van der Waals surface area contributed by atoms with E-state index in [0.717, 1.165) is 35.4 Å². The number of aromatic nitrogens is 1. The van der Waals surface area contributed by atoms with Gasteiger partial charge in [0.05, 0.1) is 18.9 Å². The fourth-order valence-electron chi connectivity index (χ4n) is 3.69. The van der Waals surface area contributed by atoms with Crippen LogP contribution in [0.2, 0.25) is 0 Å². The molecular weight excluding hydrogens is 340 g/mol. The van der Waals surface area contributed by atoms with E-state index in [9.17, 15) is 9.90 Å². The largest absolute Gasteiger partial charge is 0.496 e. The molecule has 0 bridgehead atoms. The van der Waals surface area contributed by atoms with Crippen LogP contribution in [0.5, 0.6) is 5.75 Å². The zero-order valence-corrected chi connectivity index (χ0v) is 16.1. The number of hydrogen-bond donors (Lipinski definition) is 1. The number of nitrogens with zero attached hydrogens (tertiary/aromatic N) is 2. The van der Waals surface area contributed by atoms with E-state index in [-0.39, 0.29) is 11.8 Å². The third-order valence-corrected chi connectivity index (χ3v) is 5.43. The van der Waals surface area contributed by atoms with Crippen molar-refractivity contribution in [1.29, 1.82) is 0 Å². The monoisotopic (exact) mass is 368 g/mol. The van der Waals surface area contributed by atoms with Gasteiger partial charge in [0.25, 0.3) is 0 Å². The number of pyridine rings is 1. The number of carbonyl (C=O) groups excluding carboxylic acids is 1. The van der Waals surface area contributed by atoms with Crippen molar-refractivity contribution in [2.75, 3.05) is 20.2 Å². The van der Waals surface area contributed by atoms with E-state index in [1.807, 2.05) is 42.2 Å². The lowest BCUT2D eigenvalue weighted by atomic mass is 9.89. The normalized spacial score (nSPS) is 16.2. The molecule has 1 unspecified atom stereocenters. The smallest absolute Gasteiger partial charge is 0.222 e. The molecule has 27 heavy (non-hydrogen) atoms. The highest BCUT2D eigenvalue weighted by Crippen LogP contribution is 2.30. The van der Waals surface area contributed by atoms with Gasteiger partial charge in [0.2, 0.25) is 5.91 Å². The van der Waals surface area contributed by atoms with E-state index >= 15 is 0 Å². The summed E-state index contributed by atoms with van der Waals surface area (Å²) in [5.41, 5.74) is 2.93. The van der Waals surface area contributed by atoms with E-state index in [1.54, 1.807) is 13.3 Å². The van der Waals surface area contributed by atoms with Gasteiger partial charge in [-0.3, -0.25) is 9.78 Å². The van der Waals surface area contributed by atoms with Gasteiger partial charge in [0.1, 0.15) is 5.75 Å². The highest BCUT2D eigenvalue weighted by Gasteiger charge is 2.28. The molecule has 1 aromatic heterocycles. The Hall–Kier alpha value is -2.40. The fraction of sp³-hybridized carbons (Fsp3) is 0.455. The summed E-state index contributed by atoms with van der Waals surface area (Å²) in [6, 6.07) is 11.7. The molecule has 1 fully saturated rings. The number of benzene rings is 1. The molecule has 2 aromatic rings. The summed E-state index contributed by atoms with van der Waals surface area (Å²) in [5, 5.41) is 10.5. The van der Waals surface area contributed by atoms with Gasteiger partial charge < -0.3 is 14.7 Å². The highest BCUT2D eigenvalue weighted by molar-refractivity contribution is 5.76. The Morgan fingerprint density at radius 2 is 2.07 bits per heavy atom. The van der Waals surface area contributed by atoms with E-state index in [2.05, 4.69) is 11.1 Å². The highest BCUT2D eigenvalue weighted by atomic mass is 16.5. The average Bonchev–Trinajstić information content (AvgIpc) is 2.73. The topological polar surface area (TPSA) is 62.7 Å². The van der Waals surface area contributed by atoms with Crippen molar-refractivity contribution in [3.63, 3.8) is 0 Å². The predicted octanol–water partition coefficient (Wildman–Crippen LogP) is 3.30. The van der Waals surface area contributed by atoms with Crippen molar-refractivity contribution in [3.8, 4) is 5.75 Å². The first-order valence-electron chi connectivity index (χ1n) is 9.58. The molecule has 5 heteroatoms. The Balaban J connectivity index is 1.48. The van der Waals surface area contributed by atoms with Crippen molar-refractivity contribution in [3.05, 3.63) is 59.4 Å². The summed E-state index contributed by atoms with van der Waals surface area (Å²) in [5.74, 6) is 1.20. The Kier molecular flexibility index (Phi) is 6.45. The van der Waals surface area contributed by atoms with Crippen LogP contribution in [-0.2, 0) is 11.2 Å². The third kappa shape index (κ3) is 4.86. The molecule has 2 heterocycles. The van der Waals surface area contributed by atoms with Crippen LogP contribution >= 0.6 is 0 Å². The molecule has 5 nitrogen and oxygen atoms in total. The molecule has 0 saturated carbocycles. The number of rotatable bonds is 6. The molecular formula is C22H28N2O3. The maximum absolute atomic E-state index is 12.6. The molecule has 1 N–H and O–H groups in total. The zero-order valence-electron chi connectivity index (χ0n) is 16.1. The maximum atomic E-state index is 12.6. The predicted molar refractivity (Wildman–Crippen MR) is 105 cm³/mol. The summed E-state index contributed by atoms with van der Waals surface area (Å²) in [7, 11) is 1.67. The lowest BCUT2D eigenvalue weighted by molar-refractivity contribution is -0.133. The standard InChI is InChI=1S/C22H28N2O3/c1-16-6-7-17(15-20(16)27-2)8-9-21(25)24-13-10-18(11-14-24)22(26)19-5-3-4-12-23-19/h3-7,12,15,18,22,26H,8-11,13-14H2,1-2H3. The van der Waals surface area contributed by atoms with Crippen LogP contribution in [0.25, 0.3) is 0 Å². The van der Waals surface area contributed by atoms with Crippen LogP contribution in [0, 0.1) is 12.8 Å². The van der Waals surface area contributed by atoms with Gasteiger partial charge in [0, 0.05) is 25.7 Å². The van der Waals surface area contributed by atoms with Crippen molar-refractivity contribution in [2.24, 2.45) is 5.92 Å². The first kappa shape index (κ1) is 19.4.